The number of amides is 1. The number of carbonyl (C=O) groups is 2. The maximum atomic E-state index is 13.8. The highest BCUT2D eigenvalue weighted by molar-refractivity contribution is 5.98. The van der Waals surface area contributed by atoms with E-state index in [1.54, 1.807) is 11.8 Å². The Morgan fingerprint density at radius 3 is 2.20 bits per heavy atom. The highest BCUT2D eigenvalue weighted by Crippen LogP contribution is 2.26. The number of piperidine rings is 1. The van der Waals surface area contributed by atoms with Crippen LogP contribution in [0.5, 0.6) is 0 Å². The van der Waals surface area contributed by atoms with Crippen LogP contribution in [0.25, 0.3) is 0 Å². The number of nitrogens with two attached hydrogens (primary N) is 1. The van der Waals surface area contributed by atoms with Crippen LogP contribution < -0.4 is 5.73 Å². The van der Waals surface area contributed by atoms with Gasteiger partial charge in [0, 0.05) is 31.1 Å². The van der Waals surface area contributed by atoms with Gasteiger partial charge in [0.25, 0.3) is 0 Å². The van der Waals surface area contributed by atoms with E-state index in [0.717, 1.165) is 6.42 Å². The number of ketones is 1. The molecule has 4 nitrogen and oxygen atoms in total. The average Bonchev–Trinajstić information content (AvgIpc) is 2.53. The standard InChI is InChI=1S/C18H23F3N2O2/c1-3-6-18(2,22)17(25)23-7-4-11(5-8-23)16(24)15-13(20)9-12(19)10-14(15)21/h9-11H,3-8,22H2,1-2H3. The Kier molecular flexibility index (Phi) is 5.87. The summed E-state index contributed by atoms with van der Waals surface area (Å²) in [5.41, 5.74) is 4.38. The molecule has 7 heteroatoms. The molecule has 1 heterocycles. The second-order valence-electron chi connectivity index (χ2n) is 6.84. The van der Waals surface area contributed by atoms with Gasteiger partial charge < -0.3 is 10.6 Å². The van der Waals surface area contributed by atoms with Gasteiger partial charge in [0.2, 0.25) is 5.91 Å². The van der Waals surface area contributed by atoms with E-state index in [0.29, 0.717) is 44.5 Å². The molecule has 1 amide bonds. The molecule has 0 bridgehead atoms. The van der Waals surface area contributed by atoms with Crippen LogP contribution in [0.4, 0.5) is 13.2 Å². The molecule has 25 heavy (non-hydrogen) atoms. The first-order valence-corrected chi connectivity index (χ1v) is 8.44. The molecule has 2 N–H and O–H groups in total. The minimum absolute atomic E-state index is 0.181. The van der Waals surface area contributed by atoms with E-state index in [9.17, 15) is 22.8 Å². The smallest absolute Gasteiger partial charge is 0.242 e. The Balaban J connectivity index is 2.05. The summed E-state index contributed by atoms with van der Waals surface area (Å²) in [5, 5.41) is 0. The summed E-state index contributed by atoms with van der Waals surface area (Å²) >= 11 is 0. The number of hydrogen-bond donors (Lipinski definition) is 1. The fourth-order valence-electron chi connectivity index (χ4n) is 3.31. The minimum Gasteiger partial charge on any atom is -0.341 e. The molecule has 0 saturated carbocycles. The van der Waals surface area contributed by atoms with Gasteiger partial charge in [-0.3, -0.25) is 9.59 Å². The molecular weight excluding hydrogens is 333 g/mol. The van der Waals surface area contributed by atoms with Crippen LogP contribution in [0.1, 0.15) is 49.9 Å². The number of halogens is 3. The number of hydrogen-bond acceptors (Lipinski definition) is 3. The molecule has 1 aliphatic rings. The number of carbonyl (C=O) groups excluding carboxylic acids is 2. The zero-order valence-corrected chi connectivity index (χ0v) is 14.4. The van der Waals surface area contributed by atoms with Crippen molar-refractivity contribution in [1.29, 1.82) is 0 Å². The summed E-state index contributed by atoms with van der Waals surface area (Å²) in [5.74, 6) is -4.93. The second kappa shape index (κ2) is 7.56. The van der Waals surface area contributed by atoms with Crippen LogP contribution in [0.3, 0.4) is 0 Å². The van der Waals surface area contributed by atoms with Crippen molar-refractivity contribution in [3.05, 3.63) is 35.1 Å². The average molecular weight is 356 g/mol. The lowest BCUT2D eigenvalue weighted by molar-refractivity contribution is -0.138. The highest BCUT2D eigenvalue weighted by Gasteiger charge is 2.36. The molecule has 138 valence electrons. The molecule has 1 fully saturated rings. The van der Waals surface area contributed by atoms with E-state index in [2.05, 4.69) is 0 Å². The number of likely N-dealkylation sites (tertiary alicyclic amines) is 1. The maximum Gasteiger partial charge on any atom is 0.242 e. The third-order valence-corrected chi connectivity index (χ3v) is 4.66. The van der Waals surface area contributed by atoms with Crippen molar-refractivity contribution in [2.24, 2.45) is 11.7 Å². The third-order valence-electron chi connectivity index (χ3n) is 4.66. The quantitative estimate of drug-likeness (QED) is 0.825. The van der Waals surface area contributed by atoms with Crippen molar-refractivity contribution in [2.75, 3.05) is 13.1 Å². The predicted octanol–water partition coefficient (Wildman–Crippen LogP) is 3.04. The number of nitrogens with zero attached hydrogens (tertiary/aromatic N) is 1. The van der Waals surface area contributed by atoms with Crippen LogP contribution in [0, 0.1) is 23.4 Å². The lowest BCUT2D eigenvalue weighted by Crippen LogP contribution is -2.55. The van der Waals surface area contributed by atoms with Crippen molar-refractivity contribution in [3.63, 3.8) is 0 Å². The van der Waals surface area contributed by atoms with Gasteiger partial charge in [0.1, 0.15) is 17.5 Å². The van der Waals surface area contributed by atoms with Crippen LogP contribution in [0.15, 0.2) is 12.1 Å². The number of Topliss-reactive ketones (excluding diaryl/α,β-unsaturated/α-hetero) is 1. The van der Waals surface area contributed by atoms with E-state index in [1.807, 2.05) is 6.92 Å². The van der Waals surface area contributed by atoms with Crippen molar-refractivity contribution < 1.29 is 22.8 Å². The molecule has 0 spiro atoms. The zero-order valence-electron chi connectivity index (χ0n) is 14.4. The number of benzene rings is 1. The van der Waals surface area contributed by atoms with E-state index in [-0.39, 0.29) is 5.91 Å². The first-order valence-electron chi connectivity index (χ1n) is 8.44. The largest absolute Gasteiger partial charge is 0.341 e. The molecule has 0 aromatic heterocycles. The van der Waals surface area contributed by atoms with Crippen LogP contribution >= 0.6 is 0 Å². The van der Waals surface area contributed by atoms with Crippen LogP contribution in [0.2, 0.25) is 0 Å². The third kappa shape index (κ3) is 4.21. The van der Waals surface area contributed by atoms with Crippen molar-refractivity contribution in [1.82, 2.24) is 4.90 Å². The Morgan fingerprint density at radius 2 is 1.72 bits per heavy atom. The maximum absolute atomic E-state index is 13.8. The van der Waals surface area contributed by atoms with Gasteiger partial charge >= 0.3 is 0 Å². The SMILES string of the molecule is CCCC(C)(N)C(=O)N1CCC(C(=O)c2c(F)cc(F)cc2F)CC1. The molecular formula is C18H23F3N2O2. The minimum atomic E-state index is -1.20. The van der Waals surface area contributed by atoms with Gasteiger partial charge in [-0.15, -0.1) is 0 Å². The molecule has 0 radical (unpaired) electrons. The molecule has 1 aromatic rings. The normalized spacial score (nSPS) is 18.1. The lowest BCUT2D eigenvalue weighted by atomic mass is 9.87. The lowest BCUT2D eigenvalue weighted by Gasteiger charge is -2.36. The van der Waals surface area contributed by atoms with Gasteiger partial charge in [-0.2, -0.15) is 0 Å². The molecule has 1 atom stereocenters. The van der Waals surface area contributed by atoms with Crippen molar-refractivity contribution >= 4 is 11.7 Å². The first kappa shape index (κ1) is 19.4. The predicted molar refractivity (Wildman–Crippen MR) is 87.5 cm³/mol. The van der Waals surface area contributed by atoms with Gasteiger partial charge in [-0.1, -0.05) is 13.3 Å². The Bertz CT molecular complexity index is 645. The van der Waals surface area contributed by atoms with E-state index in [4.69, 9.17) is 5.73 Å². The fourth-order valence-corrected chi connectivity index (χ4v) is 3.31. The summed E-state index contributed by atoms with van der Waals surface area (Å²) in [7, 11) is 0. The monoisotopic (exact) mass is 356 g/mol. The van der Waals surface area contributed by atoms with E-state index >= 15 is 0 Å². The first-order chi connectivity index (χ1) is 11.7. The van der Waals surface area contributed by atoms with Crippen molar-refractivity contribution in [2.45, 2.75) is 45.1 Å². The van der Waals surface area contributed by atoms with Crippen LogP contribution in [-0.4, -0.2) is 35.2 Å². The van der Waals surface area contributed by atoms with Gasteiger partial charge in [0.15, 0.2) is 5.78 Å². The highest BCUT2D eigenvalue weighted by atomic mass is 19.1. The van der Waals surface area contributed by atoms with E-state index < -0.39 is 40.3 Å². The molecule has 0 aliphatic carbocycles. The fraction of sp³-hybridized carbons (Fsp3) is 0.556. The molecule has 1 aliphatic heterocycles. The summed E-state index contributed by atoms with van der Waals surface area (Å²) in [6.07, 6.45) is 1.92. The molecule has 1 saturated heterocycles. The van der Waals surface area contributed by atoms with Crippen molar-refractivity contribution in [3.8, 4) is 0 Å². The summed E-state index contributed by atoms with van der Waals surface area (Å²) < 4.78 is 40.5. The summed E-state index contributed by atoms with van der Waals surface area (Å²) in [6, 6.07) is 0.999. The zero-order chi connectivity index (χ0) is 18.8. The van der Waals surface area contributed by atoms with E-state index in [1.165, 1.54) is 0 Å². The Labute approximate surface area is 145 Å². The molecule has 2 rings (SSSR count). The van der Waals surface area contributed by atoms with Gasteiger partial charge in [-0.05, 0) is 26.2 Å². The van der Waals surface area contributed by atoms with Gasteiger partial charge in [0.05, 0.1) is 11.1 Å². The number of rotatable bonds is 5. The summed E-state index contributed by atoms with van der Waals surface area (Å²) in [4.78, 5) is 26.4. The van der Waals surface area contributed by atoms with Crippen LogP contribution in [-0.2, 0) is 4.79 Å². The van der Waals surface area contributed by atoms with Gasteiger partial charge in [-0.25, -0.2) is 13.2 Å². The second-order valence-corrected chi connectivity index (χ2v) is 6.84. The Hall–Kier alpha value is -1.89. The molecule has 1 unspecified atom stereocenters. The summed E-state index contributed by atoms with van der Waals surface area (Å²) in [6.45, 7) is 4.22. The Morgan fingerprint density at radius 1 is 1.20 bits per heavy atom. The topological polar surface area (TPSA) is 63.4 Å². The molecule has 1 aromatic carbocycles.